The molecule has 6 N–H and O–H groups in total. The second-order valence-electron chi connectivity index (χ2n) is 3.85. The molecular formula is C15H30N3O7P. The minimum Gasteiger partial charge on any atom is -0.307 e. The van der Waals surface area contributed by atoms with Gasteiger partial charge in [0.15, 0.2) is 0 Å². The summed E-state index contributed by atoms with van der Waals surface area (Å²) >= 11 is 0. The van der Waals surface area contributed by atoms with Gasteiger partial charge in [-0.25, -0.2) is 4.57 Å². The molecular weight excluding hydrogens is 365 g/mol. The van der Waals surface area contributed by atoms with Crippen LogP contribution in [0.1, 0.15) is 0 Å². The topological polar surface area (TPSA) is 165 Å². The van der Waals surface area contributed by atoms with Crippen LogP contribution < -0.4 is 16.0 Å². The average molecular weight is 395 g/mol. The Bertz CT molecular complexity index is 326. The highest BCUT2D eigenvalue weighted by atomic mass is 31.2. The van der Waals surface area contributed by atoms with Crippen molar-refractivity contribution in [1.82, 2.24) is 16.0 Å². The van der Waals surface area contributed by atoms with E-state index in [9.17, 15) is 14.4 Å². The van der Waals surface area contributed by atoms with Crippen LogP contribution in [-0.2, 0) is 18.9 Å². The lowest BCUT2D eigenvalue weighted by molar-refractivity contribution is -0.107. The van der Waals surface area contributed by atoms with Gasteiger partial charge >= 0.3 is 7.82 Å². The van der Waals surface area contributed by atoms with Gasteiger partial charge in [-0.3, -0.25) is 0 Å². The molecule has 0 heterocycles. The van der Waals surface area contributed by atoms with Crippen molar-refractivity contribution < 1.29 is 33.6 Å². The molecule has 0 aromatic rings. The quantitative estimate of drug-likeness (QED) is 0.104. The number of phosphoric acid groups is 1. The van der Waals surface area contributed by atoms with Crippen molar-refractivity contribution in [3.63, 3.8) is 0 Å². The molecule has 0 atom stereocenters. The van der Waals surface area contributed by atoms with Crippen LogP contribution in [0.25, 0.3) is 0 Å². The van der Waals surface area contributed by atoms with Gasteiger partial charge in [0.05, 0.1) is 19.6 Å². The molecule has 0 amide bonds. The van der Waals surface area contributed by atoms with Crippen molar-refractivity contribution >= 4 is 26.7 Å². The van der Waals surface area contributed by atoms with Crippen molar-refractivity contribution in [2.45, 2.75) is 0 Å². The van der Waals surface area contributed by atoms with Crippen LogP contribution in [0, 0.1) is 0 Å². The summed E-state index contributed by atoms with van der Waals surface area (Å²) < 4.78 is 8.88. The summed E-state index contributed by atoms with van der Waals surface area (Å²) in [4.78, 5) is 50.3. The first-order valence-corrected chi connectivity index (χ1v) is 8.85. The minimum absolute atomic E-state index is 0.423. The molecule has 0 radical (unpaired) electrons. The molecule has 0 fully saturated rings. The highest BCUT2D eigenvalue weighted by molar-refractivity contribution is 7.45. The Kier molecular flexibility index (Phi) is 38.1. The Labute approximate surface area is 154 Å². The summed E-state index contributed by atoms with van der Waals surface area (Å²) in [6.45, 7) is 13.8. The number of hydrogen-bond acceptors (Lipinski definition) is 7. The third-order valence-corrected chi connectivity index (χ3v) is 1.55. The third-order valence-electron chi connectivity index (χ3n) is 1.55. The van der Waals surface area contributed by atoms with E-state index in [0.29, 0.717) is 39.3 Å². The van der Waals surface area contributed by atoms with Gasteiger partial charge < -0.3 is 45.0 Å². The number of nitrogens with one attached hydrogen (secondary N) is 3. The van der Waals surface area contributed by atoms with E-state index in [1.54, 1.807) is 18.2 Å². The van der Waals surface area contributed by atoms with E-state index in [1.165, 1.54) is 0 Å². The molecule has 0 saturated carbocycles. The van der Waals surface area contributed by atoms with E-state index in [-0.39, 0.29) is 0 Å². The average Bonchev–Trinajstić information content (AvgIpc) is 2.56. The highest BCUT2D eigenvalue weighted by Crippen LogP contribution is 2.25. The first kappa shape index (κ1) is 31.9. The largest absolute Gasteiger partial charge is 0.466 e. The van der Waals surface area contributed by atoms with Crippen molar-refractivity contribution in [3.05, 3.63) is 38.0 Å². The Balaban J connectivity index is -0.000000125. The standard InChI is InChI=1S/3C5H9NO.H3O4P/c3*1-2-3-6-4-5-7;1-5(2,3)4/h3*2,5-6H,1,3-4H2;(H3,1,2,3,4). The van der Waals surface area contributed by atoms with E-state index in [4.69, 9.17) is 19.2 Å². The molecule has 26 heavy (non-hydrogen) atoms. The predicted molar refractivity (Wildman–Crippen MR) is 102 cm³/mol. The number of carbonyl (C=O) groups is 3. The molecule has 0 aliphatic heterocycles. The number of rotatable bonds is 12. The highest BCUT2D eigenvalue weighted by Gasteiger charge is 2.00. The van der Waals surface area contributed by atoms with E-state index in [2.05, 4.69) is 35.7 Å². The van der Waals surface area contributed by atoms with Gasteiger partial charge in [-0.05, 0) is 0 Å². The normalized spacial score (nSPS) is 8.73. The third kappa shape index (κ3) is 95.8. The maximum atomic E-state index is 9.58. The van der Waals surface area contributed by atoms with Crippen molar-refractivity contribution in [3.8, 4) is 0 Å². The summed E-state index contributed by atoms with van der Waals surface area (Å²) in [5, 5.41) is 8.40. The van der Waals surface area contributed by atoms with Gasteiger partial charge in [0.1, 0.15) is 18.9 Å². The number of carbonyl (C=O) groups excluding carboxylic acids is 3. The van der Waals surface area contributed by atoms with Crippen molar-refractivity contribution in [2.75, 3.05) is 39.3 Å². The molecule has 0 bridgehead atoms. The van der Waals surface area contributed by atoms with Crippen LogP contribution in [0.3, 0.4) is 0 Å². The molecule has 0 aromatic carbocycles. The maximum absolute atomic E-state index is 9.58. The zero-order valence-corrected chi connectivity index (χ0v) is 15.6. The fraction of sp³-hybridized carbons (Fsp3) is 0.400. The second-order valence-corrected chi connectivity index (χ2v) is 4.88. The molecule has 0 rings (SSSR count). The van der Waals surface area contributed by atoms with Crippen molar-refractivity contribution in [2.24, 2.45) is 0 Å². The fourth-order valence-corrected chi connectivity index (χ4v) is 0.733. The second kappa shape index (κ2) is 31.0. The van der Waals surface area contributed by atoms with Gasteiger partial charge in [0.2, 0.25) is 0 Å². The predicted octanol–water partition coefficient (Wildman–Crippen LogP) is -1.05. The Morgan fingerprint density at radius 1 is 0.615 bits per heavy atom. The molecule has 0 aromatic heterocycles. The van der Waals surface area contributed by atoms with Crippen LogP contribution in [0.5, 0.6) is 0 Å². The van der Waals surface area contributed by atoms with Crippen molar-refractivity contribution in [1.29, 1.82) is 0 Å². The molecule has 10 nitrogen and oxygen atoms in total. The lowest BCUT2D eigenvalue weighted by Crippen LogP contribution is -2.15. The van der Waals surface area contributed by atoms with Crippen LogP contribution in [0.15, 0.2) is 38.0 Å². The van der Waals surface area contributed by atoms with E-state index >= 15 is 0 Å². The molecule has 0 spiro atoms. The lowest BCUT2D eigenvalue weighted by Gasteiger charge is -1.87. The Morgan fingerprint density at radius 3 is 0.923 bits per heavy atom. The number of hydrogen-bond donors (Lipinski definition) is 6. The molecule has 0 saturated heterocycles. The smallest absolute Gasteiger partial charge is 0.307 e. The van der Waals surface area contributed by atoms with Gasteiger partial charge in [-0.2, -0.15) is 0 Å². The minimum atomic E-state index is -4.64. The van der Waals surface area contributed by atoms with Gasteiger partial charge in [-0.1, -0.05) is 18.2 Å². The Morgan fingerprint density at radius 2 is 0.808 bits per heavy atom. The summed E-state index contributed by atoms with van der Waals surface area (Å²) in [5.41, 5.74) is 0. The monoisotopic (exact) mass is 395 g/mol. The summed E-state index contributed by atoms with van der Waals surface area (Å²) in [5.74, 6) is 0. The van der Waals surface area contributed by atoms with Gasteiger partial charge in [0, 0.05) is 19.6 Å². The van der Waals surface area contributed by atoms with Crippen LogP contribution >= 0.6 is 7.82 Å². The van der Waals surface area contributed by atoms with E-state index in [0.717, 1.165) is 18.9 Å². The number of aldehydes is 3. The molecule has 0 unspecified atom stereocenters. The summed E-state index contributed by atoms with van der Waals surface area (Å²) in [6, 6.07) is 0. The molecule has 152 valence electrons. The summed E-state index contributed by atoms with van der Waals surface area (Å²) in [7, 11) is -4.64. The van der Waals surface area contributed by atoms with Crippen LogP contribution in [-0.4, -0.2) is 72.8 Å². The fourth-order valence-electron chi connectivity index (χ4n) is 0.733. The molecule has 0 aliphatic carbocycles. The first-order valence-electron chi connectivity index (χ1n) is 7.29. The zero-order chi connectivity index (χ0) is 21.1. The van der Waals surface area contributed by atoms with Gasteiger partial charge in [0.25, 0.3) is 0 Å². The van der Waals surface area contributed by atoms with Crippen LogP contribution in [0.4, 0.5) is 0 Å². The zero-order valence-electron chi connectivity index (χ0n) is 14.7. The molecule has 0 aliphatic rings. The Hall–Kier alpha value is -1.78. The SMILES string of the molecule is C=CCNCC=O.C=CCNCC=O.C=CCNCC=O.O=P(O)(O)O. The summed E-state index contributed by atoms with van der Waals surface area (Å²) in [6.07, 6.45) is 7.60. The van der Waals surface area contributed by atoms with E-state index in [1.807, 2.05) is 0 Å². The van der Waals surface area contributed by atoms with E-state index < -0.39 is 7.82 Å². The van der Waals surface area contributed by atoms with Gasteiger partial charge in [-0.15, -0.1) is 19.7 Å². The molecule has 11 heteroatoms. The lowest BCUT2D eigenvalue weighted by atomic mass is 10.6. The first-order chi connectivity index (χ1) is 12.2. The maximum Gasteiger partial charge on any atom is 0.466 e. The van der Waals surface area contributed by atoms with Crippen LogP contribution in [0.2, 0.25) is 0 Å².